The summed E-state index contributed by atoms with van der Waals surface area (Å²) >= 11 is 0. The fraction of sp³-hybridized carbons (Fsp3) is 0.444. The highest BCUT2D eigenvalue weighted by Gasteiger charge is 2.34. The van der Waals surface area contributed by atoms with Gasteiger partial charge >= 0.3 is 6.18 Å². The van der Waals surface area contributed by atoms with E-state index in [0.29, 0.717) is 30.5 Å². The number of hydrogen-bond acceptors (Lipinski definition) is 3. The maximum atomic E-state index is 14.5. The maximum Gasteiger partial charge on any atom is 0.417 e. The molecule has 4 rings (SSSR count). The molecule has 0 spiro atoms. The number of alkyl halides is 3. The molecule has 1 atom stereocenters. The first-order valence-electron chi connectivity index (χ1n) is 15.4. The summed E-state index contributed by atoms with van der Waals surface area (Å²) in [5, 5.41) is 3.16. The van der Waals surface area contributed by atoms with Crippen molar-refractivity contribution < 1.29 is 17.9 Å². The van der Waals surface area contributed by atoms with Gasteiger partial charge in [0.2, 0.25) is 0 Å². The summed E-state index contributed by atoms with van der Waals surface area (Å²) in [4.78, 5) is 2.29. The zero-order valence-corrected chi connectivity index (χ0v) is 25.3. The van der Waals surface area contributed by atoms with Crippen LogP contribution in [-0.2, 0) is 12.7 Å². The Labute approximate surface area is 249 Å². The van der Waals surface area contributed by atoms with E-state index in [2.05, 4.69) is 17.1 Å². The minimum atomic E-state index is -4.48. The number of halogens is 3. The van der Waals surface area contributed by atoms with Crippen LogP contribution in [0.5, 0.6) is 5.75 Å². The molecule has 226 valence electrons. The van der Waals surface area contributed by atoms with E-state index in [1.165, 1.54) is 6.07 Å². The first kappa shape index (κ1) is 31.8. The van der Waals surface area contributed by atoms with E-state index in [9.17, 15) is 13.2 Å². The number of rotatable bonds is 13. The van der Waals surface area contributed by atoms with Gasteiger partial charge in [0.05, 0.1) is 12.2 Å². The molecule has 0 aliphatic carbocycles. The van der Waals surface area contributed by atoms with Gasteiger partial charge in [-0.1, -0.05) is 79.9 Å². The molecular formula is C36H45F3N2O. The van der Waals surface area contributed by atoms with Crippen LogP contribution in [-0.4, -0.2) is 37.7 Å². The number of unbranched alkanes of at least 4 members (excludes halogenated alkanes) is 3. The fourth-order valence-corrected chi connectivity index (χ4v) is 5.78. The molecule has 0 unspecified atom stereocenters. The average Bonchev–Trinajstić information content (AvgIpc) is 2.98. The molecule has 1 heterocycles. The summed E-state index contributed by atoms with van der Waals surface area (Å²) in [6.45, 7) is 7.02. The normalized spacial score (nSPS) is 16.3. The topological polar surface area (TPSA) is 24.5 Å². The highest BCUT2D eigenvalue weighted by atomic mass is 19.4. The lowest BCUT2D eigenvalue weighted by atomic mass is 9.95. The number of ether oxygens (including phenoxy) is 1. The van der Waals surface area contributed by atoms with Crippen LogP contribution in [0.4, 0.5) is 13.2 Å². The van der Waals surface area contributed by atoms with Crippen molar-refractivity contribution in [3.8, 4) is 16.9 Å². The van der Waals surface area contributed by atoms with Crippen molar-refractivity contribution in [3.05, 3.63) is 88.5 Å². The fourth-order valence-electron chi connectivity index (χ4n) is 5.78. The monoisotopic (exact) mass is 578 g/mol. The Balaban J connectivity index is 1.65. The SMILES string of the molecule is CNCCCCCCOc1cc(/C=C/c2cccc(-c3ccccc3)c2C)c(C(F)(F)F)cc1CN1CCCC[C@H]1C. The van der Waals surface area contributed by atoms with Crippen LogP contribution in [0.1, 0.15) is 79.7 Å². The second-order valence-corrected chi connectivity index (χ2v) is 11.4. The van der Waals surface area contributed by atoms with E-state index in [1.807, 2.05) is 62.5 Å². The zero-order chi connectivity index (χ0) is 30.0. The highest BCUT2D eigenvalue weighted by Crippen LogP contribution is 2.38. The summed E-state index contributed by atoms with van der Waals surface area (Å²) in [5.74, 6) is 0.561. The Kier molecular flexibility index (Phi) is 11.7. The molecule has 0 bridgehead atoms. The minimum Gasteiger partial charge on any atom is -0.493 e. The van der Waals surface area contributed by atoms with Gasteiger partial charge < -0.3 is 10.1 Å². The molecule has 0 aromatic heterocycles. The molecule has 6 heteroatoms. The summed E-state index contributed by atoms with van der Waals surface area (Å²) in [6.07, 6.45) is 6.33. The number of nitrogens with one attached hydrogen (secondary N) is 1. The lowest BCUT2D eigenvalue weighted by Gasteiger charge is -2.34. The van der Waals surface area contributed by atoms with Crippen LogP contribution in [0, 0.1) is 6.92 Å². The van der Waals surface area contributed by atoms with Gasteiger partial charge in [-0.2, -0.15) is 13.2 Å². The first-order chi connectivity index (χ1) is 20.3. The number of benzene rings is 3. The van der Waals surface area contributed by atoms with Gasteiger partial charge in [-0.25, -0.2) is 0 Å². The standard InChI is InChI=1S/C36H45F3N2O/c1-27-14-9-11-22-41(27)26-32-24-34(36(37,38)39)31(25-35(32)42-23-12-5-4-10-21-40-3)20-19-29-17-13-18-33(28(29)2)30-15-7-6-8-16-30/h6-8,13,15-20,24-25,27,40H,4-5,9-12,14,21-23,26H2,1-3H3/b20-19+/t27-/m1/s1. The van der Waals surface area contributed by atoms with Crippen LogP contribution >= 0.6 is 0 Å². The Morgan fingerprint density at radius 3 is 2.43 bits per heavy atom. The third-order valence-electron chi connectivity index (χ3n) is 8.33. The van der Waals surface area contributed by atoms with Crippen LogP contribution in [0.3, 0.4) is 0 Å². The Bertz CT molecular complexity index is 1300. The highest BCUT2D eigenvalue weighted by molar-refractivity contribution is 5.78. The van der Waals surface area contributed by atoms with Gasteiger partial charge in [0.25, 0.3) is 0 Å². The Morgan fingerprint density at radius 1 is 0.929 bits per heavy atom. The Hall–Kier alpha value is -3.09. The molecule has 0 saturated carbocycles. The van der Waals surface area contributed by atoms with Crippen molar-refractivity contribution in [3.63, 3.8) is 0 Å². The second kappa shape index (κ2) is 15.4. The lowest BCUT2D eigenvalue weighted by Crippen LogP contribution is -2.37. The van der Waals surface area contributed by atoms with E-state index >= 15 is 0 Å². The van der Waals surface area contributed by atoms with Crippen LogP contribution in [0.2, 0.25) is 0 Å². The summed E-state index contributed by atoms with van der Waals surface area (Å²) in [6, 6.07) is 19.3. The van der Waals surface area contributed by atoms with Gasteiger partial charge in [-0.15, -0.1) is 0 Å². The van der Waals surface area contributed by atoms with Crippen LogP contribution in [0.25, 0.3) is 23.3 Å². The van der Waals surface area contributed by atoms with E-state index < -0.39 is 11.7 Å². The second-order valence-electron chi connectivity index (χ2n) is 11.4. The minimum absolute atomic E-state index is 0.131. The molecule has 42 heavy (non-hydrogen) atoms. The molecule has 0 radical (unpaired) electrons. The van der Waals surface area contributed by atoms with Gasteiger partial charge in [0.15, 0.2) is 0 Å². The maximum absolute atomic E-state index is 14.5. The molecule has 3 aromatic rings. The van der Waals surface area contributed by atoms with Crippen LogP contribution < -0.4 is 10.1 Å². The third-order valence-corrected chi connectivity index (χ3v) is 8.33. The summed E-state index contributed by atoms with van der Waals surface area (Å²) < 4.78 is 49.6. The van der Waals surface area contributed by atoms with E-state index in [4.69, 9.17) is 4.74 Å². The van der Waals surface area contributed by atoms with Crippen molar-refractivity contribution in [2.24, 2.45) is 0 Å². The van der Waals surface area contributed by atoms with E-state index in [1.54, 1.807) is 18.2 Å². The average molecular weight is 579 g/mol. The van der Waals surface area contributed by atoms with Crippen molar-refractivity contribution in [1.29, 1.82) is 0 Å². The van der Waals surface area contributed by atoms with Crippen molar-refractivity contribution in [1.82, 2.24) is 10.2 Å². The van der Waals surface area contributed by atoms with Crippen molar-refractivity contribution >= 4 is 12.2 Å². The van der Waals surface area contributed by atoms with E-state index in [-0.39, 0.29) is 5.56 Å². The van der Waals surface area contributed by atoms with E-state index in [0.717, 1.165) is 80.3 Å². The van der Waals surface area contributed by atoms with Crippen molar-refractivity contribution in [2.45, 2.75) is 77.6 Å². The molecule has 1 fully saturated rings. The van der Waals surface area contributed by atoms with Gasteiger partial charge in [0.1, 0.15) is 5.75 Å². The molecular weight excluding hydrogens is 533 g/mol. The van der Waals surface area contributed by atoms with Gasteiger partial charge in [-0.05, 0) is 99.6 Å². The molecule has 3 aromatic carbocycles. The molecule has 3 nitrogen and oxygen atoms in total. The molecule has 1 saturated heterocycles. The third kappa shape index (κ3) is 8.71. The summed E-state index contributed by atoms with van der Waals surface area (Å²) in [7, 11) is 1.95. The smallest absolute Gasteiger partial charge is 0.417 e. The first-order valence-corrected chi connectivity index (χ1v) is 15.4. The molecule has 1 aliphatic rings. The van der Waals surface area contributed by atoms with Gasteiger partial charge in [0, 0.05) is 18.2 Å². The lowest BCUT2D eigenvalue weighted by molar-refractivity contribution is -0.137. The quantitative estimate of drug-likeness (QED) is 0.162. The number of hydrogen-bond donors (Lipinski definition) is 1. The summed E-state index contributed by atoms with van der Waals surface area (Å²) in [5.41, 5.74) is 4.20. The Morgan fingerprint density at radius 2 is 1.69 bits per heavy atom. The zero-order valence-electron chi connectivity index (χ0n) is 25.3. The van der Waals surface area contributed by atoms with Gasteiger partial charge in [-0.3, -0.25) is 4.90 Å². The number of likely N-dealkylation sites (tertiary alicyclic amines) is 1. The predicted molar refractivity (Wildman–Crippen MR) is 169 cm³/mol. The van der Waals surface area contributed by atoms with Crippen molar-refractivity contribution in [2.75, 3.05) is 26.7 Å². The largest absolute Gasteiger partial charge is 0.493 e. The number of piperidine rings is 1. The molecule has 1 N–H and O–H groups in total. The number of nitrogens with zero attached hydrogens (tertiary/aromatic N) is 1. The van der Waals surface area contributed by atoms with Crippen LogP contribution in [0.15, 0.2) is 60.7 Å². The molecule has 1 aliphatic heterocycles. The molecule has 0 amide bonds. The predicted octanol–water partition coefficient (Wildman–Crippen LogP) is 9.38.